The number of H-pyrrole nitrogens is 2. The van der Waals surface area contributed by atoms with Crippen LogP contribution in [-0.2, 0) is 102 Å². The lowest BCUT2D eigenvalue weighted by Crippen LogP contribution is -2.57. The number of hydrogen-bond acceptors (Lipinski definition) is 20. The molecule has 0 bridgehead atoms. The second-order valence-electron chi connectivity index (χ2n) is 27.2. The number of carbonyl (C=O) groups excluding carboxylic acids is 12. The van der Waals surface area contributed by atoms with Crippen molar-refractivity contribution in [2.24, 2.45) is 5.73 Å². The minimum absolute atomic E-state index is 0.0295. The normalized spacial score (nSPS) is 15.0. The molecule has 19 N–H and O–H groups in total. The number of aliphatic carboxylic acids is 4. The number of nitrogens with zero attached hydrogens (tertiary/aromatic N) is 2. The van der Waals surface area contributed by atoms with Crippen LogP contribution in [0.2, 0.25) is 0 Å². The second kappa shape index (κ2) is 43.2. The highest BCUT2D eigenvalue weighted by Crippen LogP contribution is 2.31. The summed E-state index contributed by atoms with van der Waals surface area (Å²) in [6.45, 7) is -1.93. The lowest BCUT2D eigenvalue weighted by atomic mass is 10.0. The number of aromatic nitrogens is 2. The molecule has 0 aliphatic carbocycles. The minimum Gasteiger partial charge on any atom is -0.481 e. The van der Waals surface area contributed by atoms with Crippen molar-refractivity contribution < 1.29 is 102 Å². The van der Waals surface area contributed by atoms with Crippen LogP contribution < -0.4 is 69.3 Å². The predicted octanol–water partition coefficient (Wildman–Crippen LogP) is 0.223. The largest absolute Gasteiger partial charge is 0.481 e. The number of rotatable bonds is 44. The predicted molar refractivity (Wildman–Crippen MR) is 424 cm³/mol. The van der Waals surface area contributed by atoms with Gasteiger partial charge in [0.2, 0.25) is 65.0 Å². The molecule has 2 aliphatic heterocycles. The lowest BCUT2D eigenvalue weighted by molar-refractivity contribution is -0.146. The Morgan fingerprint density at radius 1 is 0.513 bits per heavy atom. The molecule has 37 nitrogen and oxygen atoms in total. The third-order valence-corrected chi connectivity index (χ3v) is 20.2. The number of para-hydroxylation sites is 3. The Kier molecular flexibility index (Phi) is 32.4. The molecule has 2 aliphatic rings. The highest BCUT2D eigenvalue weighted by Gasteiger charge is 2.45. The van der Waals surface area contributed by atoms with E-state index in [1.165, 1.54) is 0 Å². The number of anilines is 1. The molecule has 618 valence electrons. The summed E-state index contributed by atoms with van der Waals surface area (Å²) in [4.78, 5) is 220. The summed E-state index contributed by atoms with van der Waals surface area (Å²) < 4.78 is 5.55. The van der Waals surface area contributed by atoms with Gasteiger partial charge < -0.3 is 93.6 Å². The van der Waals surface area contributed by atoms with Crippen LogP contribution in [0.1, 0.15) is 78.3 Å². The molecule has 8 atom stereocenters. The van der Waals surface area contributed by atoms with Crippen LogP contribution >= 0.6 is 11.8 Å². The monoisotopic (exact) mass is 1630 g/mol. The van der Waals surface area contributed by atoms with Gasteiger partial charge in [-0.2, -0.15) is 0 Å². The van der Waals surface area contributed by atoms with Crippen molar-refractivity contribution in [3.63, 3.8) is 0 Å². The van der Waals surface area contributed by atoms with Crippen LogP contribution in [0.3, 0.4) is 0 Å². The highest BCUT2D eigenvalue weighted by molar-refractivity contribution is 8.00. The summed E-state index contributed by atoms with van der Waals surface area (Å²) in [6, 6.07) is 25.6. The third-order valence-electron chi connectivity index (χ3n) is 18.9. The van der Waals surface area contributed by atoms with Crippen molar-refractivity contribution in [3.05, 3.63) is 173 Å². The molecule has 7 aromatic rings. The number of nitrogens with two attached hydrogens (primary N) is 1. The fraction of sp³-hybridized carbons (Fsp3) is 0.342. The summed E-state index contributed by atoms with van der Waals surface area (Å²) in [5.74, 6) is -15.1. The van der Waals surface area contributed by atoms with Gasteiger partial charge in [-0.25, -0.2) is 24.6 Å². The molecule has 13 amide bonds. The molecule has 0 saturated carbocycles. The number of carbonyl (C=O) groups is 16. The van der Waals surface area contributed by atoms with Gasteiger partial charge in [0.05, 0.1) is 43.8 Å². The number of carboxylic acids is 4. The van der Waals surface area contributed by atoms with Crippen molar-refractivity contribution in [2.75, 3.05) is 56.6 Å². The van der Waals surface area contributed by atoms with Crippen LogP contribution in [0.15, 0.2) is 140 Å². The molecule has 9 rings (SSSR count). The fourth-order valence-corrected chi connectivity index (χ4v) is 14.0. The zero-order chi connectivity index (χ0) is 84.1. The first kappa shape index (κ1) is 87.6. The van der Waals surface area contributed by atoms with Crippen molar-refractivity contribution in [3.8, 4) is 0 Å². The Hall–Kier alpha value is -13.3. The van der Waals surface area contributed by atoms with Crippen molar-refractivity contribution in [1.82, 2.24) is 73.6 Å². The van der Waals surface area contributed by atoms with E-state index in [0.717, 1.165) is 22.4 Å². The minimum atomic E-state index is -1.75. The quantitative estimate of drug-likeness (QED) is 0.0138. The number of amides is 13. The average molecular weight is 1630 g/mol. The molecule has 0 spiro atoms. The molecular formula is C79H90N16O21S. The maximum atomic E-state index is 14.8. The Morgan fingerprint density at radius 2 is 1.07 bits per heavy atom. The van der Waals surface area contributed by atoms with E-state index in [0.29, 0.717) is 61.7 Å². The van der Waals surface area contributed by atoms with E-state index >= 15 is 0 Å². The van der Waals surface area contributed by atoms with Gasteiger partial charge in [0, 0.05) is 105 Å². The number of likely N-dealkylation sites (tertiary alicyclic amines) is 1. The van der Waals surface area contributed by atoms with Crippen LogP contribution in [0.5, 0.6) is 0 Å². The van der Waals surface area contributed by atoms with E-state index in [9.17, 15) is 92.0 Å². The van der Waals surface area contributed by atoms with Crippen molar-refractivity contribution in [2.45, 2.75) is 118 Å². The van der Waals surface area contributed by atoms with Gasteiger partial charge in [0.15, 0.2) is 0 Å². The number of ether oxygens (including phenoxy) is 1. The Labute approximate surface area is 672 Å². The summed E-state index contributed by atoms with van der Waals surface area (Å²) in [7, 11) is 0. The van der Waals surface area contributed by atoms with Gasteiger partial charge in [0.1, 0.15) is 42.3 Å². The average Bonchev–Trinajstić information content (AvgIpc) is 1.80. The van der Waals surface area contributed by atoms with Gasteiger partial charge in [-0.05, 0) is 70.8 Å². The first-order chi connectivity index (χ1) is 56.2. The number of imide groups is 1. The van der Waals surface area contributed by atoms with E-state index in [4.69, 9.17) is 15.6 Å². The molecule has 0 radical (unpaired) electrons. The van der Waals surface area contributed by atoms with Crippen molar-refractivity contribution >= 4 is 146 Å². The zero-order valence-corrected chi connectivity index (χ0v) is 63.9. The van der Waals surface area contributed by atoms with Crippen LogP contribution in [0, 0.1) is 0 Å². The maximum Gasteiger partial charge on any atom is 0.327 e. The Balaban J connectivity index is 0.758. The molecule has 1 fully saturated rings. The molecule has 117 heavy (non-hydrogen) atoms. The van der Waals surface area contributed by atoms with E-state index in [2.05, 4.69) is 58.0 Å². The number of thioether (sulfide) groups is 1. The summed E-state index contributed by atoms with van der Waals surface area (Å²) in [6.07, 6.45) is 3.89. The van der Waals surface area contributed by atoms with E-state index < -0.39 is 188 Å². The molecule has 1 saturated heterocycles. The highest BCUT2D eigenvalue weighted by atomic mass is 32.2. The van der Waals surface area contributed by atoms with Crippen LogP contribution in [0.4, 0.5) is 10.5 Å². The van der Waals surface area contributed by atoms with Gasteiger partial charge >= 0.3 is 29.9 Å². The molecule has 4 heterocycles. The number of benzene rings is 5. The third kappa shape index (κ3) is 25.8. The first-order valence-electron chi connectivity index (χ1n) is 37.3. The smallest absolute Gasteiger partial charge is 0.327 e. The summed E-state index contributed by atoms with van der Waals surface area (Å²) in [5.41, 5.74) is 17.4. The number of fused-ring (bicyclic) bond motifs is 4. The number of nitrogens with one attached hydrogen (secondary N) is 13. The molecule has 38 heteroatoms. The van der Waals surface area contributed by atoms with E-state index in [1.807, 2.05) is 71.3 Å². The number of carboxylic acid groups (broad SMARTS) is 4. The zero-order valence-electron chi connectivity index (χ0n) is 63.1. The topological polar surface area (TPSA) is 560 Å². The molecule has 2 aromatic heterocycles. The Bertz CT molecular complexity index is 4840. The molecule has 5 unspecified atom stereocenters. The van der Waals surface area contributed by atoms with Crippen molar-refractivity contribution in [1.29, 1.82) is 0 Å². The summed E-state index contributed by atoms with van der Waals surface area (Å²) in [5, 5.41) is 60.4. The van der Waals surface area contributed by atoms with Gasteiger partial charge in [-0.3, -0.25) is 67.9 Å². The lowest BCUT2D eigenvalue weighted by Gasteiger charge is -2.27. The van der Waals surface area contributed by atoms with E-state index in [-0.39, 0.29) is 70.2 Å². The van der Waals surface area contributed by atoms with Gasteiger partial charge in [0.25, 0.3) is 0 Å². The first-order valence-corrected chi connectivity index (χ1v) is 38.3. The summed E-state index contributed by atoms with van der Waals surface area (Å²) >= 11 is 0.714. The second-order valence-corrected chi connectivity index (χ2v) is 28.4. The number of aromatic amines is 2. The standard InChI is InChI=1S/C79H90N16O21S/c80-38-62(74(107)82-31-33-116-32-29-64(96)81-30-28-68(100)94-43-48-16-5-4-14-46(48)22-23-47-15-6-11-21-61(47)94)95-69(101)37-63(75(95)108)117-44-60(78(113)114)88-67(99)42-85-71(104)57(35-49-39-83-53-19-9-7-17-51(49)53)89-73(106)58(36-50-40-84-54-20-10-8-18-52(50)54)87-66(98)41-86-72(105)59(34-45-12-2-1-3-13-45)92-93-65(97)26-24-55(76(109)110)90-79(115)91-56(77(111)112)25-27-70(102)103/h1-23,39-40,55-60,62-63,83-84,92H,24-38,41-44,80H2,(H,81,96)(H,82,107)(H,85,104)(H,86,105)(H,87,98)(H,88,99)(H,89,106)(H,93,97)(H,102,103)(H,109,110)(H,111,112)(H,113,114)(H2,90,91,115)/b23-22-/t55-,56-,57?,58?,59?,60?,62+,63?/m0/s1. The maximum absolute atomic E-state index is 14.8. The van der Waals surface area contributed by atoms with Gasteiger partial charge in [-0.15, -0.1) is 11.8 Å². The molecular weight excluding hydrogens is 1540 g/mol. The van der Waals surface area contributed by atoms with E-state index in [1.54, 1.807) is 96.2 Å². The number of hydrogen-bond donors (Lipinski definition) is 18. The van der Waals surface area contributed by atoms with Crippen LogP contribution in [-0.4, -0.2) is 229 Å². The SMILES string of the molecule is NC[C@H](C(=O)NCCOCCC(=O)NCCC(=O)N1Cc2ccccc2/C=C\c2ccccc21)N1C(=O)CC(SCC(NC(=O)CNC(=O)C(Cc2c[nH]c3ccccc23)NC(=O)C(Cc2c[nH]c3ccccc23)NC(=O)CNC(=O)C(Cc2ccccc2)NNC(=O)CC[C@H](NC(=O)N[C@@H](CCC(=O)O)C(=O)O)C(=O)O)C(=O)O)C1=O. The number of urea groups is 1. The number of hydrazine groups is 1. The Morgan fingerprint density at radius 3 is 1.69 bits per heavy atom. The molecule has 5 aromatic carbocycles. The fourth-order valence-electron chi connectivity index (χ4n) is 12.8. The van der Waals surface area contributed by atoms with Crippen LogP contribution in [0.25, 0.3) is 34.0 Å². The van der Waals surface area contributed by atoms with Gasteiger partial charge in [-0.1, -0.05) is 121 Å².